The summed E-state index contributed by atoms with van der Waals surface area (Å²) in [6.07, 6.45) is 1.23. The van der Waals surface area contributed by atoms with Gasteiger partial charge in [-0.05, 0) is 61.4 Å². The number of carbonyl (C=O) groups excluding carboxylic acids is 2. The summed E-state index contributed by atoms with van der Waals surface area (Å²) in [4.78, 5) is 26.9. The zero-order chi connectivity index (χ0) is 22.7. The van der Waals surface area contributed by atoms with Crippen molar-refractivity contribution in [3.63, 3.8) is 0 Å². The van der Waals surface area contributed by atoms with Crippen LogP contribution in [0.3, 0.4) is 0 Å². The van der Waals surface area contributed by atoms with Gasteiger partial charge in [0.25, 0.3) is 5.91 Å². The van der Waals surface area contributed by atoms with Crippen molar-refractivity contribution in [2.45, 2.75) is 30.9 Å². The van der Waals surface area contributed by atoms with Gasteiger partial charge in [0.2, 0.25) is 10.0 Å². The molecule has 0 saturated carbocycles. The second-order valence-electron chi connectivity index (χ2n) is 7.34. The van der Waals surface area contributed by atoms with Crippen molar-refractivity contribution in [3.8, 4) is 0 Å². The van der Waals surface area contributed by atoms with Gasteiger partial charge in [-0.15, -0.1) is 0 Å². The van der Waals surface area contributed by atoms with Gasteiger partial charge in [0.1, 0.15) is 5.76 Å². The van der Waals surface area contributed by atoms with E-state index < -0.39 is 22.1 Å². The predicted octanol–water partition coefficient (Wildman–Crippen LogP) is 2.89. The summed E-state index contributed by atoms with van der Waals surface area (Å²) in [7, 11) is -3.78. The van der Waals surface area contributed by atoms with Crippen LogP contribution in [0.25, 0.3) is 0 Å². The van der Waals surface area contributed by atoms with Crippen molar-refractivity contribution < 1.29 is 27.2 Å². The molecule has 9 heteroatoms. The van der Waals surface area contributed by atoms with E-state index in [1.165, 1.54) is 37.5 Å². The van der Waals surface area contributed by atoms with E-state index >= 15 is 0 Å². The number of amides is 1. The predicted molar refractivity (Wildman–Crippen MR) is 117 cm³/mol. The normalized spacial score (nSPS) is 14.1. The number of hydrogen-bond acceptors (Lipinski definition) is 6. The van der Waals surface area contributed by atoms with Crippen LogP contribution in [0.2, 0.25) is 0 Å². The Balaban J connectivity index is 1.38. The van der Waals surface area contributed by atoms with E-state index in [1.807, 2.05) is 24.3 Å². The highest BCUT2D eigenvalue weighted by molar-refractivity contribution is 7.89. The van der Waals surface area contributed by atoms with E-state index in [-0.39, 0.29) is 22.9 Å². The van der Waals surface area contributed by atoms with Crippen LogP contribution in [0.1, 0.15) is 28.6 Å². The van der Waals surface area contributed by atoms with E-state index in [9.17, 15) is 18.0 Å². The average molecular weight is 455 g/mol. The number of carbonyl (C=O) groups is 2. The molecule has 3 aromatic rings. The number of benzene rings is 2. The Labute approximate surface area is 185 Å². The maximum atomic E-state index is 12.8. The quantitative estimate of drug-likeness (QED) is 0.551. The highest BCUT2D eigenvalue weighted by atomic mass is 32.2. The fourth-order valence-corrected chi connectivity index (χ4v) is 4.49. The summed E-state index contributed by atoms with van der Waals surface area (Å²) in [6.45, 7) is 2.08. The maximum Gasteiger partial charge on any atom is 0.338 e. The molecule has 0 radical (unpaired) electrons. The zero-order valence-electron chi connectivity index (χ0n) is 17.4. The van der Waals surface area contributed by atoms with Crippen LogP contribution in [-0.2, 0) is 32.5 Å². The molecule has 32 heavy (non-hydrogen) atoms. The van der Waals surface area contributed by atoms with E-state index in [1.54, 1.807) is 17.0 Å². The third-order valence-corrected chi connectivity index (χ3v) is 6.62. The van der Waals surface area contributed by atoms with Crippen molar-refractivity contribution in [3.05, 3.63) is 83.8 Å². The molecular formula is C23H22N2O6S. The van der Waals surface area contributed by atoms with Gasteiger partial charge in [-0.25, -0.2) is 17.9 Å². The first-order valence-corrected chi connectivity index (χ1v) is 11.6. The van der Waals surface area contributed by atoms with E-state index in [4.69, 9.17) is 9.15 Å². The molecule has 0 spiro atoms. The molecule has 0 bridgehead atoms. The SMILES string of the molecule is C[C@H](OC(=O)c1ccc(S(=O)(=O)NCc2ccco2)cc1)C(=O)N1CCc2ccccc21. The Hall–Kier alpha value is -3.43. The molecule has 1 atom stereocenters. The number of furan rings is 1. The fourth-order valence-electron chi connectivity index (χ4n) is 3.50. The van der Waals surface area contributed by atoms with Crippen LogP contribution in [0.4, 0.5) is 5.69 Å². The second-order valence-corrected chi connectivity index (χ2v) is 9.11. The van der Waals surface area contributed by atoms with Crippen LogP contribution in [0.15, 0.2) is 76.2 Å². The molecule has 1 aromatic heterocycles. The van der Waals surface area contributed by atoms with Gasteiger partial charge >= 0.3 is 5.97 Å². The summed E-state index contributed by atoms with van der Waals surface area (Å²) in [5.74, 6) is -0.525. The van der Waals surface area contributed by atoms with Crippen molar-refractivity contribution in [1.82, 2.24) is 4.72 Å². The minimum absolute atomic E-state index is 0.00148. The van der Waals surface area contributed by atoms with E-state index in [0.717, 1.165) is 17.7 Å². The summed E-state index contributed by atoms with van der Waals surface area (Å²) in [5.41, 5.74) is 2.06. The summed E-state index contributed by atoms with van der Waals surface area (Å²) < 4.78 is 37.7. The van der Waals surface area contributed by atoms with Crippen LogP contribution in [-0.4, -0.2) is 32.9 Å². The van der Waals surface area contributed by atoms with Crippen molar-refractivity contribution in [2.24, 2.45) is 0 Å². The fraction of sp³-hybridized carbons (Fsp3) is 0.217. The lowest BCUT2D eigenvalue weighted by Gasteiger charge is -2.21. The first kappa shape index (κ1) is 21.8. The third kappa shape index (κ3) is 4.58. The Kier molecular flexibility index (Phi) is 6.11. The number of ether oxygens (including phenoxy) is 1. The lowest BCUT2D eigenvalue weighted by Crippen LogP contribution is -2.39. The Morgan fingerprint density at radius 3 is 2.56 bits per heavy atom. The van der Waals surface area contributed by atoms with Gasteiger partial charge in [0, 0.05) is 12.2 Å². The number of anilines is 1. The van der Waals surface area contributed by atoms with E-state index in [0.29, 0.717) is 12.3 Å². The molecule has 2 aromatic carbocycles. The minimum Gasteiger partial charge on any atom is -0.468 e. The highest BCUT2D eigenvalue weighted by Gasteiger charge is 2.30. The average Bonchev–Trinajstić information content (AvgIpc) is 3.47. The summed E-state index contributed by atoms with van der Waals surface area (Å²) >= 11 is 0. The smallest absolute Gasteiger partial charge is 0.338 e. The minimum atomic E-state index is -3.78. The molecule has 1 N–H and O–H groups in total. The van der Waals surface area contributed by atoms with Gasteiger partial charge in [-0.3, -0.25) is 4.79 Å². The second kappa shape index (κ2) is 8.97. The molecule has 1 amide bonds. The summed E-state index contributed by atoms with van der Waals surface area (Å²) in [5, 5.41) is 0. The third-order valence-electron chi connectivity index (χ3n) is 5.20. The lowest BCUT2D eigenvalue weighted by atomic mass is 10.2. The van der Waals surface area contributed by atoms with Gasteiger partial charge in [-0.2, -0.15) is 0 Å². The lowest BCUT2D eigenvalue weighted by molar-refractivity contribution is -0.126. The van der Waals surface area contributed by atoms with Crippen molar-refractivity contribution >= 4 is 27.6 Å². The van der Waals surface area contributed by atoms with Crippen LogP contribution in [0.5, 0.6) is 0 Å². The van der Waals surface area contributed by atoms with E-state index in [2.05, 4.69) is 4.72 Å². The van der Waals surface area contributed by atoms with Crippen LogP contribution >= 0.6 is 0 Å². The Bertz CT molecular complexity index is 1220. The molecule has 1 aliphatic heterocycles. The largest absolute Gasteiger partial charge is 0.468 e. The standard InChI is InChI=1S/C23H22N2O6S/c1-16(22(26)25-13-12-17-5-2-3-7-21(17)25)31-23(27)18-8-10-20(11-9-18)32(28,29)24-15-19-6-4-14-30-19/h2-11,14,16,24H,12-13,15H2,1H3/t16-/m0/s1. The number of nitrogens with one attached hydrogen (secondary N) is 1. The number of rotatable bonds is 7. The van der Waals surface area contributed by atoms with Crippen molar-refractivity contribution in [2.75, 3.05) is 11.4 Å². The van der Waals surface area contributed by atoms with Gasteiger partial charge in [-0.1, -0.05) is 18.2 Å². The number of nitrogens with zero attached hydrogens (tertiary/aromatic N) is 1. The molecule has 0 saturated heterocycles. The number of fused-ring (bicyclic) bond motifs is 1. The van der Waals surface area contributed by atoms with Gasteiger partial charge in [0.15, 0.2) is 6.10 Å². The molecule has 2 heterocycles. The van der Waals surface area contributed by atoms with Gasteiger partial charge < -0.3 is 14.1 Å². The van der Waals surface area contributed by atoms with Crippen molar-refractivity contribution in [1.29, 1.82) is 0 Å². The molecule has 0 aliphatic carbocycles. The molecule has 4 rings (SSSR count). The summed E-state index contributed by atoms with van der Waals surface area (Å²) in [6, 6.07) is 16.3. The molecular weight excluding hydrogens is 432 g/mol. The number of esters is 1. The number of para-hydroxylation sites is 1. The molecule has 1 aliphatic rings. The van der Waals surface area contributed by atoms with Crippen LogP contribution in [0, 0.1) is 0 Å². The molecule has 0 fully saturated rings. The Morgan fingerprint density at radius 1 is 1.09 bits per heavy atom. The zero-order valence-corrected chi connectivity index (χ0v) is 18.2. The maximum absolute atomic E-state index is 12.8. The number of hydrogen-bond donors (Lipinski definition) is 1. The van der Waals surface area contributed by atoms with Crippen LogP contribution < -0.4 is 9.62 Å². The highest BCUT2D eigenvalue weighted by Crippen LogP contribution is 2.28. The molecule has 0 unspecified atom stereocenters. The first-order chi connectivity index (χ1) is 15.3. The molecule has 8 nitrogen and oxygen atoms in total. The van der Waals surface area contributed by atoms with Gasteiger partial charge in [0.05, 0.1) is 23.3 Å². The first-order valence-electron chi connectivity index (χ1n) is 10.1. The monoisotopic (exact) mass is 454 g/mol. The topological polar surface area (TPSA) is 106 Å². The number of sulfonamides is 1. The molecule has 166 valence electrons. The Morgan fingerprint density at radius 2 is 1.84 bits per heavy atom.